The number of aromatic nitrogens is 2. The second-order valence-corrected chi connectivity index (χ2v) is 7.78. The van der Waals surface area contributed by atoms with E-state index in [2.05, 4.69) is 67.4 Å². The summed E-state index contributed by atoms with van der Waals surface area (Å²) >= 11 is 3.23. The predicted molar refractivity (Wildman–Crippen MR) is 115 cm³/mol. The van der Waals surface area contributed by atoms with Crippen molar-refractivity contribution in [3.63, 3.8) is 0 Å². The molecule has 1 aliphatic rings. The van der Waals surface area contributed by atoms with Crippen molar-refractivity contribution in [3.05, 3.63) is 17.0 Å². The quantitative estimate of drug-likeness (QED) is 0.341. The Morgan fingerprint density at radius 1 is 1.00 bits per heavy atom. The van der Waals surface area contributed by atoms with Gasteiger partial charge in [-0.2, -0.15) is 0 Å². The van der Waals surface area contributed by atoms with Crippen LogP contribution in [0.3, 0.4) is 0 Å². The van der Waals surface area contributed by atoms with Crippen LogP contribution >= 0.6 is 15.9 Å². The van der Waals surface area contributed by atoms with Crippen LogP contribution in [0.4, 0.5) is 9.59 Å². The van der Waals surface area contributed by atoms with Crippen LogP contribution in [0.1, 0.15) is 54.4 Å². The van der Waals surface area contributed by atoms with Crippen LogP contribution in [0.5, 0.6) is 5.88 Å². The summed E-state index contributed by atoms with van der Waals surface area (Å²) in [5.41, 5.74) is 0. The van der Waals surface area contributed by atoms with E-state index in [1.807, 2.05) is 0 Å². The van der Waals surface area contributed by atoms with Crippen LogP contribution in [-0.4, -0.2) is 49.3 Å². The highest BCUT2D eigenvalue weighted by Gasteiger charge is 2.22. The van der Waals surface area contributed by atoms with E-state index in [1.54, 1.807) is 12.4 Å². The van der Waals surface area contributed by atoms with Crippen molar-refractivity contribution in [3.8, 4) is 5.88 Å². The molecule has 0 amide bonds. The van der Waals surface area contributed by atoms with Gasteiger partial charge in [-0.1, -0.05) is 41.5 Å². The standard InChI is InChI=1S/C8H9BrN2O.2C4H10.2CH2O3.H3N/c9-7-3-10-4-8(11-7)12-5-6-1-2-6;2*1-4(2)3;2*2-1(3)4;/h3-4,6H,1-2,5H2;2*4H,1-3H3;2*(H2,2,3,4);1H3. The fourth-order valence-corrected chi connectivity index (χ4v) is 1.18. The SMILES string of the molecule is Brc1cncc(OCC2CC2)n1.CC(C)C.CC(C)C.N.O=C(O)O.O=C(O)O. The Morgan fingerprint density at radius 2 is 1.34 bits per heavy atom. The second-order valence-electron chi connectivity index (χ2n) is 6.96. The van der Waals surface area contributed by atoms with Gasteiger partial charge < -0.3 is 31.3 Å². The van der Waals surface area contributed by atoms with Gasteiger partial charge in [0.1, 0.15) is 4.60 Å². The van der Waals surface area contributed by atoms with Gasteiger partial charge in [-0.15, -0.1) is 0 Å². The fourth-order valence-electron chi connectivity index (χ4n) is 0.883. The third-order valence-corrected chi connectivity index (χ3v) is 2.13. The average molecular weight is 486 g/mol. The summed E-state index contributed by atoms with van der Waals surface area (Å²) in [7, 11) is 0. The smallest absolute Gasteiger partial charge is 0.476 e. The molecule has 0 spiro atoms. The molecule has 0 aromatic carbocycles. The zero-order chi connectivity index (χ0) is 22.7. The zero-order valence-electron chi connectivity index (χ0n) is 18.0. The number of nitrogens with zero attached hydrogens (tertiary/aromatic N) is 2. The van der Waals surface area contributed by atoms with Gasteiger partial charge in [-0.3, -0.25) is 4.98 Å². The van der Waals surface area contributed by atoms with Gasteiger partial charge in [-0.05, 0) is 46.5 Å². The molecule has 0 aliphatic heterocycles. The van der Waals surface area contributed by atoms with Gasteiger partial charge in [0.15, 0.2) is 0 Å². The Hall–Kier alpha value is -2.14. The molecular formula is C18H36BrN3O7. The van der Waals surface area contributed by atoms with Crippen LogP contribution in [0, 0.1) is 17.8 Å². The molecule has 0 unspecified atom stereocenters. The van der Waals surface area contributed by atoms with Gasteiger partial charge in [-0.25, -0.2) is 14.6 Å². The summed E-state index contributed by atoms with van der Waals surface area (Å²) in [5.74, 6) is 3.03. The minimum Gasteiger partial charge on any atom is -0.476 e. The number of carbonyl (C=O) groups is 2. The Morgan fingerprint density at radius 3 is 1.62 bits per heavy atom. The molecule has 1 heterocycles. The molecule has 10 nitrogen and oxygen atoms in total. The summed E-state index contributed by atoms with van der Waals surface area (Å²) in [6.45, 7) is 13.8. The first kappa shape index (κ1) is 34.4. The van der Waals surface area contributed by atoms with Gasteiger partial charge in [0.2, 0.25) is 5.88 Å². The van der Waals surface area contributed by atoms with E-state index in [9.17, 15) is 0 Å². The summed E-state index contributed by atoms with van der Waals surface area (Å²) in [6.07, 6.45) is 2.19. The lowest BCUT2D eigenvalue weighted by atomic mass is 10.3. The highest BCUT2D eigenvalue weighted by molar-refractivity contribution is 9.10. The Labute approximate surface area is 181 Å². The fraction of sp³-hybridized carbons (Fsp3) is 0.667. The van der Waals surface area contributed by atoms with Crippen molar-refractivity contribution < 1.29 is 34.8 Å². The summed E-state index contributed by atoms with van der Waals surface area (Å²) < 4.78 is 6.13. The van der Waals surface area contributed by atoms with Gasteiger partial charge in [0.05, 0.1) is 19.0 Å². The Balaban J connectivity index is -0.000000156. The van der Waals surface area contributed by atoms with Crippen molar-refractivity contribution in [1.29, 1.82) is 0 Å². The van der Waals surface area contributed by atoms with E-state index in [1.165, 1.54) is 12.8 Å². The monoisotopic (exact) mass is 485 g/mol. The van der Waals surface area contributed by atoms with Crippen LogP contribution in [0.15, 0.2) is 17.0 Å². The molecule has 1 aromatic rings. The first-order chi connectivity index (χ1) is 12.8. The van der Waals surface area contributed by atoms with Gasteiger partial charge in [0.25, 0.3) is 0 Å². The molecule has 7 N–H and O–H groups in total. The van der Waals surface area contributed by atoms with Crippen LogP contribution in [0.25, 0.3) is 0 Å². The minimum atomic E-state index is -1.83. The molecule has 0 bridgehead atoms. The molecule has 1 aromatic heterocycles. The lowest BCUT2D eigenvalue weighted by Gasteiger charge is -2.02. The third-order valence-electron chi connectivity index (χ3n) is 1.75. The van der Waals surface area contributed by atoms with Crippen molar-refractivity contribution >= 4 is 28.2 Å². The molecule has 0 saturated heterocycles. The lowest BCUT2D eigenvalue weighted by molar-refractivity contribution is 0.135. The molecule has 1 aliphatic carbocycles. The van der Waals surface area contributed by atoms with Gasteiger partial charge in [0, 0.05) is 0 Å². The number of carboxylic acid groups (broad SMARTS) is 4. The van der Waals surface area contributed by atoms with Crippen molar-refractivity contribution in [2.45, 2.75) is 54.4 Å². The maximum Gasteiger partial charge on any atom is 0.503 e. The minimum absolute atomic E-state index is 0. The number of ether oxygens (including phenoxy) is 1. The molecule has 172 valence electrons. The van der Waals surface area contributed by atoms with E-state index >= 15 is 0 Å². The Kier molecular flexibility index (Phi) is 26.3. The van der Waals surface area contributed by atoms with Crippen molar-refractivity contribution in [1.82, 2.24) is 16.1 Å². The van der Waals surface area contributed by atoms with Crippen LogP contribution in [-0.2, 0) is 0 Å². The van der Waals surface area contributed by atoms with E-state index < -0.39 is 12.3 Å². The molecular weight excluding hydrogens is 450 g/mol. The second kappa shape index (κ2) is 22.2. The Bertz CT molecular complexity index is 496. The summed E-state index contributed by atoms with van der Waals surface area (Å²) in [5, 5.41) is 27.9. The van der Waals surface area contributed by atoms with E-state index in [0.29, 0.717) is 5.88 Å². The number of hydrogen-bond donors (Lipinski definition) is 5. The summed E-state index contributed by atoms with van der Waals surface area (Å²) in [6, 6.07) is 0. The molecule has 29 heavy (non-hydrogen) atoms. The first-order valence-corrected chi connectivity index (χ1v) is 9.51. The third kappa shape index (κ3) is 58.5. The first-order valence-electron chi connectivity index (χ1n) is 8.71. The number of hydrogen-bond acceptors (Lipinski definition) is 6. The van der Waals surface area contributed by atoms with E-state index in [-0.39, 0.29) is 6.15 Å². The van der Waals surface area contributed by atoms with E-state index in [0.717, 1.165) is 29.0 Å². The molecule has 1 saturated carbocycles. The molecule has 1 fully saturated rings. The highest BCUT2D eigenvalue weighted by Crippen LogP contribution is 2.29. The highest BCUT2D eigenvalue weighted by atomic mass is 79.9. The van der Waals surface area contributed by atoms with Crippen LogP contribution < -0.4 is 10.9 Å². The maximum atomic E-state index is 8.56. The molecule has 11 heteroatoms. The predicted octanol–water partition coefficient (Wildman–Crippen LogP) is 5.96. The topological polar surface area (TPSA) is 185 Å². The zero-order valence-corrected chi connectivity index (χ0v) is 19.6. The molecule has 2 rings (SSSR count). The van der Waals surface area contributed by atoms with Crippen LogP contribution in [0.2, 0.25) is 0 Å². The summed E-state index contributed by atoms with van der Waals surface area (Å²) in [4.78, 5) is 25.2. The van der Waals surface area contributed by atoms with Gasteiger partial charge >= 0.3 is 12.3 Å². The van der Waals surface area contributed by atoms with E-state index in [4.69, 9.17) is 34.8 Å². The maximum absolute atomic E-state index is 8.56. The van der Waals surface area contributed by atoms with Crippen molar-refractivity contribution in [2.75, 3.05) is 6.61 Å². The van der Waals surface area contributed by atoms with Crippen molar-refractivity contribution in [2.24, 2.45) is 17.8 Å². The number of rotatable bonds is 3. The normalized spacial score (nSPS) is 10.8. The molecule has 0 radical (unpaired) electrons. The molecule has 0 atom stereocenters. The lowest BCUT2D eigenvalue weighted by Crippen LogP contribution is -2.00. The average Bonchev–Trinajstić information content (AvgIpc) is 3.27. The largest absolute Gasteiger partial charge is 0.503 e. The number of halogens is 1.